The summed E-state index contributed by atoms with van der Waals surface area (Å²) in [5, 5.41) is 7.68. The van der Waals surface area contributed by atoms with Crippen molar-refractivity contribution in [1.29, 1.82) is 0 Å². The van der Waals surface area contributed by atoms with Crippen LogP contribution in [0.1, 0.15) is 23.7 Å². The SMILES string of the molecule is CC(CCBr)CNC(=O)c1ccsc1. The van der Waals surface area contributed by atoms with Crippen molar-refractivity contribution in [3.05, 3.63) is 22.4 Å². The van der Waals surface area contributed by atoms with Gasteiger partial charge in [-0.3, -0.25) is 4.79 Å². The lowest BCUT2D eigenvalue weighted by molar-refractivity contribution is 0.0948. The molecular weight excluding hydrogens is 262 g/mol. The maximum absolute atomic E-state index is 11.5. The molecule has 0 fully saturated rings. The average molecular weight is 276 g/mol. The summed E-state index contributed by atoms with van der Waals surface area (Å²) in [6, 6.07) is 1.84. The van der Waals surface area contributed by atoms with Crippen molar-refractivity contribution in [2.24, 2.45) is 5.92 Å². The van der Waals surface area contributed by atoms with Gasteiger partial charge in [-0.1, -0.05) is 22.9 Å². The number of thiophene rings is 1. The third-order valence-electron chi connectivity index (χ3n) is 2.00. The van der Waals surface area contributed by atoms with E-state index in [2.05, 4.69) is 28.2 Å². The molecule has 1 amide bonds. The van der Waals surface area contributed by atoms with Crippen LogP contribution in [0.25, 0.3) is 0 Å². The monoisotopic (exact) mass is 275 g/mol. The third kappa shape index (κ3) is 3.80. The van der Waals surface area contributed by atoms with Gasteiger partial charge < -0.3 is 5.32 Å². The van der Waals surface area contributed by atoms with Gasteiger partial charge in [0, 0.05) is 22.8 Å². The van der Waals surface area contributed by atoms with Gasteiger partial charge in [0.15, 0.2) is 0 Å². The zero-order chi connectivity index (χ0) is 10.4. The van der Waals surface area contributed by atoms with Crippen molar-refractivity contribution in [2.75, 3.05) is 11.9 Å². The summed E-state index contributed by atoms with van der Waals surface area (Å²) in [4.78, 5) is 11.5. The van der Waals surface area contributed by atoms with E-state index in [1.54, 1.807) is 11.3 Å². The van der Waals surface area contributed by atoms with Crippen LogP contribution in [-0.4, -0.2) is 17.8 Å². The minimum Gasteiger partial charge on any atom is -0.352 e. The highest BCUT2D eigenvalue weighted by Crippen LogP contribution is 2.06. The molecule has 0 spiro atoms. The second kappa shape index (κ2) is 6.19. The van der Waals surface area contributed by atoms with Gasteiger partial charge in [0.05, 0.1) is 0 Å². The zero-order valence-electron chi connectivity index (χ0n) is 8.13. The minimum absolute atomic E-state index is 0.0349. The van der Waals surface area contributed by atoms with Crippen LogP contribution in [0.2, 0.25) is 0 Å². The fourth-order valence-corrected chi connectivity index (χ4v) is 2.47. The summed E-state index contributed by atoms with van der Waals surface area (Å²) in [7, 11) is 0. The first kappa shape index (κ1) is 11.7. The summed E-state index contributed by atoms with van der Waals surface area (Å²) < 4.78 is 0. The van der Waals surface area contributed by atoms with Gasteiger partial charge in [-0.2, -0.15) is 11.3 Å². The molecule has 1 heterocycles. The number of amides is 1. The molecule has 0 saturated heterocycles. The van der Waals surface area contributed by atoms with Crippen LogP contribution in [0.15, 0.2) is 16.8 Å². The number of carbonyl (C=O) groups is 1. The summed E-state index contributed by atoms with van der Waals surface area (Å²) in [5.74, 6) is 0.560. The molecule has 0 bridgehead atoms. The van der Waals surface area contributed by atoms with Crippen molar-refractivity contribution in [1.82, 2.24) is 5.32 Å². The van der Waals surface area contributed by atoms with Crippen molar-refractivity contribution in [3.8, 4) is 0 Å². The highest BCUT2D eigenvalue weighted by atomic mass is 79.9. The quantitative estimate of drug-likeness (QED) is 0.823. The van der Waals surface area contributed by atoms with E-state index in [-0.39, 0.29) is 5.91 Å². The maximum atomic E-state index is 11.5. The molecule has 0 aromatic carbocycles. The molecule has 1 rings (SSSR count). The number of hydrogen-bond acceptors (Lipinski definition) is 2. The van der Waals surface area contributed by atoms with E-state index in [4.69, 9.17) is 0 Å². The van der Waals surface area contributed by atoms with Gasteiger partial charge in [0.25, 0.3) is 5.91 Å². The predicted octanol–water partition coefficient (Wildman–Crippen LogP) is 2.90. The number of carbonyl (C=O) groups excluding carboxylic acids is 1. The Balaban J connectivity index is 2.28. The Bertz CT molecular complexity index is 274. The fraction of sp³-hybridized carbons (Fsp3) is 0.500. The number of alkyl halides is 1. The van der Waals surface area contributed by atoms with Gasteiger partial charge in [0.1, 0.15) is 0 Å². The van der Waals surface area contributed by atoms with Gasteiger partial charge in [0.2, 0.25) is 0 Å². The first-order valence-corrected chi connectivity index (χ1v) is 6.67. The van der Waals surface area contributed by atoms with E-state index in [0.717, 1.165) is 23.9 Å². The lowest BCUT2D eigenvalue weighted by atomic mass is 10.1. The molecule has 0 aliphatic heterocycles. The molecule has 0 aliphatic carbocycles. The molecule has 0 radical (unpaired) electrons. The fourth-order valence-electron chi connectivity index (χ4n) is 1.05. The first-order valence-electron chi connectivity index (χ1n) is 4.60. The maximum Gasteiger partial charge on any atom is 0.252 e. The van der Waals surface area contributed by atoms with E-state index < -0.39 is 0 Å². The molecular formula is C10H14BrNOS. The number of hydrogen-bond donors (Lipinski definition) is 1. The highest BCUT2D eigenvalue weighted by molar-refractivity contribution is 9.09. The zero-order valence-corrected chi connectivity index (χ0v) is 10.5. The highest BCUT2D eigenvalue weighted by Gasteiger charge is 2.07. The van der Waals surface area contributed by atoms with Crippen LogP contribution in [0.4, 0.5) is 0 Å². The smallest absolute Gasteiger partial charge is 0.252 e. The van der Waals surface area contributed by atoms with Crippen molar-refractivity contribution in [2.45, 2.75) is 13.3 Å². The van der Waals surface area contributed by atoms with Gasteiger partial charge >= 0.3 is 0 Å². The van der Waals surface area contributed by atoms with Crippen LogP contribution >= 0.6 is 27.3 Å². The van der Waals surface area contributed by atoms with Gasteiger partial charge in [-0.05, 0) is 23.8 Å². The molecule has 78 valence electrons. The second-order valence-electron chi connectivity index (χ2n) is 3.30. The molecule has 1 unspecified atom stereocenters. The number of rotatable bonds is 5. The number of nitrogens with one attached hydrogen (secondary N) is 1. The minimum atomic E-state index is 0.0349. The van der Waals surface area contributed by atoms with E-state index >= 15 is 0 Å². The van der Waals surface area contributed by atoms with Crippen LogP contribution < -0.4 is 5.32 Å². The van der Waals surface area contributed by atoms with Crippen LogP contribution in [0.3, 0.4) is 0 Å². The first-order chi connectivity index (χ1) is 6.74. The lowest BCUT2D eigenvalue weighted by Crippen LogP contribution is -2.28. The molecule has 14 heavy (non-hydrogen) atoms. The average Bonchev–Trinajstić information content (AvgIpc) is 2.67. The molecule has 2 nitrogen and oxygen atoms in total. The van der Waals surface area contributed by atoms with Crippen molar-refractivity contribution >= 4 is 33.2 Å². The topological polar surface area (TPSA) is 29.1 Å². The molecule has 0 aliphatic rings. The molecule has 0 saturated carbocycles. The predicted molar refractivity (Wildman–Crippen MR) is 64.2 cm³/mol. The standard InChI is InChI=1S/C10H14BrNOS/c1-8(2-4-11)6-12-10(13)9-3-5-14-7-9/h3,5,7-8H,2,4,6H2,1H3,(H,12,13). The largest absolute Gasteiger partial charge is 0.352 e. The Kier molecular flexibility index (Phi) is 5.19. The molecule has 4 heteroatoms. The van der Waals surface area contributed by atoms with Crippen molar-refractivity contribution in [3.63, 3.8) is 0 Å². The summed E-state index contributed by atoms with van der Waals surface area (Å²) >= 11 is 4.93. The molecule has 1 N–H and O–H groups in total. The Morgan fingerprint density at radius 1 is 1.71 bits per heavy atom. The molecule has 1 aromatic heterocycles. The van der Waals surface area contributed by atoms with Crippen molar-refractivity contribution < 1.29 is 4.79 Å². The Labute approximate surface area is 96.8 Å². The Morgan fingerprint density at radius 3 is 3.07 bits per heavy atom. The van der Waals surface area contributed by atoms with Crippen LogP contribution in [0.5, 0.6) is 0 Å². The van der Waals surface area contributed by atoms with Gasteiger partial charge in [-0.15, -0.1) is 0 Å². The summed E-state index contributed by atoms with van der Waals surface area (Å²) in [6.07, 6.45) is 1.09. The Hall–Kier alpha value is -0.350. The molecule has 1 aromatic rings. The van der Waals surface area contributed by atoms with Crippen LogP contribution in [-0.2, 0) is 0 Å². The number of halogens is 1. The normalized spacial score (nSPS) is 12.4. The van der Waals surface area contributed by atoms with E-state index in [1.165, 1.54) is 0 Å². The van der Waals surface area contributed by atoms with Gasteiger partial charge in [-0.25, -0.2) is 0 Å². The van der Waals surface area contributed by atoms with Crippen LogP contribution in [0, 0.1) is 5.92 Å². The second-order valence-corrected chi connectivity index (χ2v) is 4.88. The van der Waals surface area contributed by atoms with E-state index in [0.29, 0.717) is 5.92 Å². The summed E-state index contributed by atoms with van der Waals surface area (Å²) in [5.41, 5.74) is 0.765. The molecule has 1 atom stereocenters. The third-order valence-corrected chi connectivity index (χ3v) is 3.14. The summed E-state index contributed by atoms with van der Waals surface area (Å²) in [6.45, 7) is 2.88. The van der Waals surface area contributed by atoms with E-state index in [1.807, 2.05) is 16.8 Å². The Morgan fingerprint density at radius 2 is 2.50 bits per heavy atom. The lowest BCUT2D eigenvalue weighted by Gasteiger charge is -2.10. The van der Waals surface area contributed by atoms with E-state index in [9.17, 15) is 4.79 Å².